The van der Waals surface area contributed by atoms with Gasteiger partial charge in [-0.3, -0.25) is 4.79 Å². The van der Waals surface area contributed by atoms with Crippen LogP contribution in [0.5, 0.6) is 0 Å². The Labute approximate surface area is 117 Å². The first-order valence-corrected chi connectivity index (χ1v) is 6.35. The lowest BCUT2D eigenvalue weighted by molar-refractivity contribution is 0.103. The Morgan fingerprint density at radius 2 is 1.63 bits per heavy atom. The summed E-state index contributed by atoms with van der Waals surface area (Å²) in [7, 11) is 0. The standard InChI is InChI=1S/C16H14ClFO/c1-9-4-12(8-13(18)5-9)16(19)14-6-10(2)11(3)7-15(14)17/h4-8H,1-3H3. The van der Waals surface area contributed by atoms with Gasteiger partial charge in [0.2, 0.25) is 0 Å². The van der Waals surface area contributed by atoms with Crippen LogP contribution < -0.4 is 0 Å². The summed E-state index contributed by atoms with van der Waals surface area (Å²) >= 11 is 6.11. The zero-order chi connectivity index (χ0) is 14.2. The van der Waals surface area contributed by atoms with Crippen molar-refractivity contribution in [1.82, 2.24) is 0 Å². The van der Waals surface area contributed by atoms with Crippen LogP contribution in [0.25, 0.3) is 0 Å². The molecule has 2 aromatic carbocycles. The predicted molar refractivity (Wildman–Crippen MR) is 75.5 cm³/mol. The van der Waals surface area contributed by atoms with E-state index in [-0.39, 0.29) is 5.78 Å². The van der Waals surface area contributed by atoms with Gasteiger partial charge in [-0.1, -0.05) is 11.6 Å². The van der Waals surface area contributed by atoms with Gasteiger partial charge in [-0.2, -0.15) is 0 Å². The third kappa shape index (κ3) is 2.85. The Kier molecular flexibility index (Phi) is 3.72. The van der Waals surface area contributed by atoms with Crippen molar-refractivity contribution in [3.8, 4) is 0 Å². The Morgan fingerprint density at radius 3 is 2.26 bits per heavy atom. The maximum absolute atomic E-state index is 13.4. The van der Waals surface area contributed by atoms with Gasteiger partial charge in [0.05, 0.1) is 5.02 Å². The number of carbonyl (C=O) groups excluding carboxylic acids is 1. The van der Waals surface area contributed by atoms with Gasteiger partial charge in [0.1, 0.15) is 5.82 Å². The molecular weight excluding hydrogens is 263 g/mol. The zero-order valence-corrected chi connectivity index (χ0v) is 11.8. The van der Waals surface area contributed by atoms with Crippen LogP contribution in [0.15, 0.2) is 30.3 Å². The molecule has 0 fully saturated rings. The van der Waals surface area contributed by atoms with E-state index in [4.69, 9.17) is 11.6 Å². The van der Waals surface area contributed by atoms with Crippen LogP contribution in [0, 0.1) is 26.6 Å². The largest absolute Gasteiger partial charge is 0.289 e. The zero-order valence-electron chi connectivity index (χ0n) is 11.1. The van der Waals surface area contributed by atoms with E-state index in [9.17, 15) is 9.18 Å². The minimum absolute atomic E-state index is 0.254. The lowest BCUT2D eigenvalue weighted by Crippen LogP contribution is -2.04. The fraction of sp³-hybridized carbons (Fsp3) is 0.188. The van der Waals surface area contributed by atoms with Gasteiger partial charge in [-0.05, 0) is 67.8 Å². The molecule has 1 nitrogen and oxygen atoms in total. The summed E-state index contributed by atoms with van der Waals surface area (Å²) in [5.74, 6) is -0.668. The van der Waals surface area contributed by atoms with Crippen LogP contribution in [0.1, 0.15) is 32.6 Å². The van der Waals surface area contributed by atoms with Crippen LogP contribution in [0.3, 0.4) is 0 Å². The van der Waals surface area contributed by atoms with Crippen molar-refractivity contribution in [3.05, 3.63) is 69.0 Å². The molecule has 0 saturated carbocycles. The average Bonchev–Trinajstić information content (AvgIpc) is 2.31. The van der Waals surface area contributed by atoms with E-state index in [0.717, 1.165) is 11.1 Å². The molecule has 3 heteroatoms. The molecule has 0 N–H and O–H groups in total. The molecule has 0 bridgehead atoms. The minimum atomic E-state index is -0.414. The normalized spacial score (nSPS) is 10.6. The Bertz CT molecular complexity index is 642. The van der Waals surface area contributed by atoms with E-state index in [1.54, 1.807) is 25.1 Å². The maximum atomic E-state index is 13.4. The first-order chi connectivity index (χ1) is 8.88. The number of carbonyl (C=O) groups is 1. The van der Waals surface area contributed by atoms with E-state index >= 15 is 0 Å². The van der Waals surface area contributed by atoms with Crippen molar-refractivity contribution in [2.45, 2.75) is 20.8 Å². The van der Waals surface area contributed by atoms with E-state index in [2.05, 4.69) is 0 Å². The molecular formula is C16H14ClFO. The van der Waals surface area contributed by atoms with Crippen LogP contribution in [0.2, 0.25) is 5.02 Å². The molecule has 0 atom stereocenters. The Hall–Kier alpha value is -1.67. The number of hydrogen-bond donors (Lipinski definition) is 0. The third-order valence-corrected chi connectivity index (χ3v) is 3.45. The lowest BCUT2D eigenvalue weighted by atomic mass is 9.98. The molecule has 0 aromatic heterocycles. The SMILES string of the molecule is Cc1cc(F)cc(C(=O)c2cc(C)c(C)cc2Cl)c1. The summed E-state index contributed by atoms with van der Waals surface area (Å²) in [6.45, 7) is 5.60. The molecule has 0 aliphatic heterocycles. The molecule has 19 heavy (non-hydrogen) atoms. The van der Waals surface area contributed by atoms with E-state index in [1.165, 1.54) is 12.1 Å². The quantitative estimate of drug-likeness (QED) is 0.731. The van der Waals surface area contributed by atoms with Crippen LogP contribution >= 0.6 is 11.6 Å². The molecule has 0 aliphatic rings. The molecule has 0 spiro atoms. The predicted octanol–water partition coefficient (Wildman–Crippen LogP) is 4.64. The van der Waals surface area contributed by atoms with Crippen LogP contribution in [0.4, 0.5) is 4.39 Å². The molecule has 0 amide bonds. The van der Waals surface area contributed by atoms with Crippen molar-refractivity contribution in [1.29, 1.82) is 0 Å². The van der Waals surface area contributed by atoms with Crippen LogP contribution in [-0.4, -0.2) is 5.78 Å². The maximum Gasteiger partial charge on any atom is 0.194 e. The van der Waals surface area contributed by atoms with E-state index in [1.807, 2.05) is 13.8 Å². The van der Waals surface area contributed by atoms with Gasteiger partial charge >= 0.3 is 0 Å². The highest BCUT2D eigenvalue weighted by atomic mass is 35.5. The second-order valence-corrected chi connectivity index (χ2v) is 5.17. The van der Waals surface area contributed by atoms with Crippen molar-refractivity contribution in [3.63, 3.8) is 0 Å². The molecule has 98 valence electrons. The summed E-state index contributed by atoms with van der Waals surface area (Å²) in [5, 5.41) is 0.398. The van der Waals surface area contributed by atoms with Crippen LogP contribution in [-0.2, 0) is 0 Å². The third-order valence-electron chi connectivity index (χ3n) is 3.13. The highest BCUT2D eigenvalue weighted by molar-refractivity contribution is 6.35. The van der Waals surface area contributed by atoms with Gasteiger partial charge in [-0.15, -0.1) is 0 Å². The first kappa shape index (κ1) is 13.8. The molecule has 0 saturated heterocycles. The lowest BCUT2D eigenvalue weighted by Gasteiger charge is -2.08. The molecule has 0 aliphatic carbocycles. The monoisotopic (exact) mass is 276 g/mol. The van der Waals surface area contributed by atoms with Gasteiger partial charge in [0.25, 0.3) is 0 Å². The number of halogens is 2. The highest BCUT2D eigenvalue weighted by Gasteiger charge is 2.15. The molecule has 0 unspecified atom stereocenters. The second kappa shape index (κ2) is 5.14. The number of rotatable bonds is 2. The smallest absolute Gasteiger partial charge is 0.194 e. The Balaban J connectivity index is 2.53. The van der Waals surface area contributed by atoms with Crippen molar-refractivity contribution < 1.29 is 9.18 Å². The summed E-state index contributed by atoms with van der Waals surface area (Å²) < 4.78 is 13.4. The summed E-state index contributed by atoms with van der Waals surface area (Å²) in [6, 6.07) is 7.80. The van der Waals surface area contributed by atoms with Gasteiger partial charge < -0.3 is 0 Å². The first-order valence-electron chi connectivity index (χ1n) is 5.97. The number of hydrogen-bond acceptors (Lipinski definition) is 1. The molecule has 0 radical (unpaired) electrons. The Morgan fingerprint density at radius 1 is 1.00 bits per heavy atom. The second-order valence-electron chi connectivity index (χ2n) is 4.76. The van der Waals surface area contributed by atoms with Gasteiger partial charge in [0, 0.05) is 11.1 Å². The molecule has 2 aromatic rings. The van der Waals surface area contributed by atoms with Crippen molar-refractivity contribution >= 4 is 17.4 Å². The topological polar surface area (TPSA) is 17.1 Å². The molecule has 0 heterocycles. The fourth-order valence-electron chi connectivity index (χ4n) is 1.98. The number of benzene rings is 2. The molecule has 2 rings (SSSR count). The average molecular weight is 277 g/mol. The summed E-state index contributed by atoms with van der Waals surface area (Å²) in [6.07, 6.45) is 0. The number of aryl methyl sites for hydroxylation is 3. The summed E-state index contributed by atoms with van der Waals surface area (Å²) in [5.41, 5.74) is 3.46. The van der Waals surface area contributed by atoms with E-state index < -0.39 is 5.82 Å². The van der Waals surface area contributed by atoms with E-state index in [0.29, 0.717) is 21.7 Å². The van der Waals surface area contributed by atoms with Crippen molar-refractivity contribution in [2.24, 2.45) is 0 Å². The van der Waals surface area contributed by atoms with Gasteiger partial charge in [0.15, 0.2) is 5.78 Å². The summed E-state index contributed by atoms with van der Waals surface area (Å²) in [4.78, 5) is 12.4. The number of ketones is 1. The fourth-order valence-corrected chi connectivity index (χ4v) is 2.28. The minimum Gasteiger partial charge on any atom is -0.289 e. The van der Waals surface area contributed by atoms with Gasteiger partial charge in [-0.25, -0.2) is 4.39 Å². The highest BCUT2D eigenvalue weighted by Crippen LogP contribution is 2.24. The van der Waals surface area contributed by atoms with Crippen molar-refractivity contribution in [2.75, 3.05) is 0 Å².